The van der Waals surface area contributed by atoms with Crippen LogP contribution in [0, 0.1) is 28.6 Å². The Morgan fingerprint density at radius 2 is 1.90 bits per heavy atom. The van der Waals surface area contributed by atoms with Gasteiger partial charge in [-0.25, -0.2) is 0 Å². The van der Waals surface area contributed by atoms with Gasteiger partial charge in [-0.15, -0.1) is 0 Å². The number of amides is 3. The second-order valence-corrected chi connectivity index (χ2v) is 10.3. The second kappa shape index (κ2) is 14.3. The second-order valence-electron chi connectivity index (χ2n) is 9.86. The van der Waals surface area contributed by atoms with Crippen molar-refractivity contribution in [2.24, 2.45) is 23.0 Å². The Morgan fingerprint density at radius 1 is 1.32 bits per heavy atom. The normalized spacial score (nSPS) is 19.6. The summed E-state index contributed by atoms with van der Waals surface area (Å²) in [7, 11) is 1.66. The highest BCUT2D eigenvalue weighted by molar-refractivity contribution is 6.35. The van der Waals surface area contributed by atoms with Crippen molar-refractivity contribution in [3.05, 3.63) is 41.2 Å². The zero-order valence-corrected chi connectivity index (χ0v) is 22.7. The summed E-state index contributed by atoms with van der Waals surface area (Å²) in [4.78, 5) is 37.5. The molecule has 2 aromatic rings. The molecule has 1 aromatic heterocycles. The van der Waals surface area contributed by atoms with Crippen LogP contribution in [-0.4, -0.2) is 60.6 Å². The lowest BCUT2D eigenvalue weighted by Crippen LogP contribution is -2.34. The summed E-state index contributed by atoms with van der Waals surface area (Å²) < 4.78 is 37.2. The van der Waals surface area contributed by atoms with Crippen LogP contribution in [0.4, 0.5) is 13.2 Å². The molecular weight excluding hydrogens is 551 g/mol. The molecule has 0 spiro atoms. The van der Waals surface area contributed by atoms with E-state index in [4.69, 9.17) is 26.4 Å². The van der Waals surface area contributed by atoms with E-state index < -0.39 is 18.1 Å². The Bertz CT molecular complexity index is 1220. The maximum atomic E-state index is 11.8. The first-order chi connectivity index (χ1) is 18.2. The van der Waals surface area contributed by atoms with E-state index in [2.05, 4.69) is 29.9 Å². The Kier molecular flexibility index (Phi) is 12.3. The molecule has 220 valence electrons. The predicted molar refractivity (Wildman–Crippen MR) is 145 cm³/mol. The lowest BCUT2D eigenvalue weighted by Gasteiger charge is -2.23. The third-order valence-electron chi connectivity index (χ3n) is 7.06. The molecule has 13 heteroatoms. The van der Waals surface area contributed by atoms with Gasteiger partial charge in [0, 0.05) is 54.0 Å². The standard InChI is InChI=1S/C12H8ClN3O.C12H21NO2.C2H2F3NO.CH4/c13-10-3-1-2-8-5-15-6-9(12(8)10)11(4-14)16-7-17;1-8(15-4)5-11(14)13-6-9-10(7-13)12(9,2)3;3-2(4,5)1(6)7;/h1-3,5-7,11H,(H,16,17);8-10H,5-7H2,1-4H3;(H2,6,7);1H4/t;8-,9?,10?;;/m.1../s1. The smallest absolute Gasteiger partial charge is 0.381 e. The largest absolute Gasteiger partial charge is 0.470 e. The number of hydrogen-bond donors (Lipinski definition) is 2. The molecule has 40 heavy (non-hydrogen) atoms. The molecule has 1 aromatic carbocycles. The summed E-state index contributed by atoms with van der Waals surface area (Å²) in [5.41, 5.74) is 4.90. The number of carbonyl (C=O) groups is 3. The van der Waals surface area contributed by atoms with E-state index in [0.29, 0.717) is 28.8 Å². The lowest BCUT2D eigenvalue weighted by atomic mass is 10.0. The number of carbonyl (C=O) groups excluding carboxylic acids is 3. The lowest BCUT2D eigenvalue weighted by molar-refractivity contribution is -0.169. The topological polar surface area (TPSA) is 138 Å². The number of primary amides is 1. The third kappa shape index (κ3) is 8.53. The fourth-order valence-corrected chi connectivity index (χ4v) is 4.78. The highest BCUT2D eigenvalue weighted by Crippen LogP contribution is 2.61. The summed E-state index contributed by atoms with van der Waals surface area (Å²) in [5, 5.41) is 13.6. The molecule has 4 atom stereocenters. The summed E-state index contributed by atoms with van der Waals surface area (Å²) >= 11 is 6.11. The molecule has 9 nitrogen and oxygen atoms in total. The predicted octanol–water partition coefficient (Wildman–Crippen LogP) is 4.39. The van der Waals surface area contributed by atoms with Crippen molar-refractivity contribution in [2.45, 2.75) is 52.9 Å². The molecular formula is C27H35ClF3N5O4. The van der Waals surface area contributed by atoms with E-state index in [9.17, 15) is 22.8 Å². The number of likely N-dealkylation sites (tertiary alicyclic amines) is 1. The van der Waals surface area contributed by atoms with Gasteiger partial charge in [-0.2, -0.15) is 18.4 Å². The quantitative estimate of drug-likeness (QED) is 0.482. The van der Waals surface area contributed by atoms with Crippen molar-refractivity contribution >= 4 is 40.6 Å². The number of halogens is 4. The van der Waals surface area contributed by atoms with Gasteiger partial charge >= 0.3 is 12.1 Å². The average Bonchev–Trinajstić information content (AvgIpc) is 3.20. The van der Waals surface area contributed by atoms with Gasteiger partial charge in [0.2, 0.25) is 12.3 Å². The van der Waals surface area contributed by atoms with E-state index >= 15 is 0 Å². The van der Waals surface area contributed by atoms with Gasteiger partial charge in [0.05, 0.1) is 18.6 Å². The number of aromatic nitrogens is 1. The van der Waals surface area contributed by atoms with Crippen LogP contribution >= 0.6 is 11.6 Å². The summed E-state index contributed by atoms with van der Waals surface area (Å²) in [6, 6.07) is 6.65. The van der Waals surface area contributed by atoms with Crippen molar-refractivity contribution in [2.75, 3.05) is 20.2 Å². The average molecular weight is 586 g/mol. The van der Waals surface area contributed by atoms with Crippen LogP contribution in [0.5, 0.6) is 0 Å². The first kappa shape index (κ1) is 34.6. The van der Waals surface area contributed by atoms with Crippen LogP contribution in [0.25, 0.3) is 10.8 Å². The van der Waals surface area contributed by atoms with E-state index in [1.54, 1.807) is 25.6 Å². The molecule has 2 fully saturated rings. The number of hydrogen-bond acceptors (Lipinski definition) is 6. The van der Waals surface area contributed by atoms with Crippen LogP contribution in [0.2, 0.25) is 5.02 Å². The fourth-order valence-electron chi connectivity index (χ4n) is 4.49. The van der Waals surface area contributed by atoms with E-state index in [0.717, 1.165) is 35.7 Å². The maximum Gasteiger partial charge on any atom is 0.470 e. The number of ether oxygens (including phenoxy) is 1. The number of alkyl halides is 3. The van der Waals surface area contributed by atoms with Crippen LogP contribution < -0.4 is 11.1 Å². The van der Waals surface area contributed by atoms with Crippen molar-refractivity contribution in [1.82, 2.24) is 15.2 Å². The van der Waals surface area contributed by atoms with Crippen molar-refractivity contribution in [3.63, 3.8) is 0 Å². The van der Waals surface area contributed by atoms with Crippen LogP contribution in [-0.2, 0) is 19.1 Å². The van der Waals surface area contributed by atoms with Crippen molar-refractivity contribution in [3.8, 4) is 6.07 Å². The fraction of sp³-hybridized carbons (Fsp3) is 0.519. The minimum Gasteiger partial charge on any atom is -0.381 e. The number of piperidine rings is 1. The number of rotatable bonds is 6. The minimum atomic E-state index is -4.86. The Labute approximate surface area is 236 Å². The maximum absolute atomic E-state index is 11.8. The first-order valence-electron chi connectivity index (χ1n) is 12.0. The SMILES string of the molecule is C.CO[C@H](C)CC(=O)N1CC2C(C1)C2(C)C.N#CC(NC=O)c1cncc2cccc(Cl)c12.NC(=O)C(F)(F)F. The third-order valence-corrected chi connectivity index (χ3v) is 7.37. The first-order valence-corrected chi connectivity index (χ1v) is 12.3. The number of nitrogens with zero attached hydrogens (tertiary/aromatic N) is 3. The minimum absolute atomic E-state index is 0. The summed E-state index contributed by atoms with van der Waals surface area (Å²) in [6.07, 6.45) is -0.596. The molecule has 1 aliphatic heterocycles. The van der Waals surface area contributed by atoms with E-state index in [1.807, 2.05) is 30.0 Å². The number of fused-ring (bicyclic) bond motifs is 2. The number of benzene rings is 1. The Hall–Kier alpha value is -3.43. The molecule has 3 unspecified atom stereocenters. The zero-order valence-electron chi connectivity index (χ0n) is 22.0. The monoisotopic (exact) mass is 585 g/mol. The molecule has 0 bridgehead atoms. The Morgan fingerprint density at radius 3 is 2.38 bits per heavy atom. The van der Waals surface area contributed by atoms with Gasteiger partial charge in [-0.3, -0.25) is 19.4 Å². The zero-order chi connectivity index (χ0) is 29.5. The molecule has 3 N–H and O–H groups in total. The van der Waals surface area contributed by atoms with Gasteiger partial charge in [-0.1, -0.05) is 45.0 Å². The van der Waals surface area contributed by atoms with Crippen molar-refractivity contribution in [1.29, 1.82) is 5.26 Å². The number of methoxy groups -OCH3 is 1. The van der Waals surface area contributed by atoms with Crippen LogP contribution in [0.15, 0.2) is 30.6 Å². The molecule has 2 aliphatic rings. The molecule has 1 saturated heterocycles. The van der Waals surface area contributed by atoms with Crippen molar-refractivity contribution < 1.29 is 32.3 Å². The molecule has 1 saturated carbocycles. The highest BCUT2D eigenvalue weighted by Gasteiger charge is 2.62. The number of nitrogens with one attached hydrogen (secondary N) is 1. The van der Waals surface area contributed by atoms with Gasteiger partial charge in [0.15, 0.2) is 0 Å². The van der Waals surface area contributed by atoms with Gasteiger partial charge in [0.1, 0.15) is 6.04 Å². The summed E-state index contributed by atoms with van der Waals surface area (Å²) in [5.74, 6) is -0.501. The van der Waals surface area contributed by atoms with Gasteiger partial charge in [-0.05, 0) is 30.2 Å². The molecule has 2 heterocycles. The number of nitriles is 1. The van der Waals surface area contributed by atoms with Gasteiger partial charge in [0.25, 0.3) is 0 Å². The molecule has 4 rings (SSSR count). The van der Waals surface area contributed by atoms with Gasteiger partial charge < -0.3 is 20.7 Å². The highest BCUT2D eigenvalue weighted by atomic mass is 35.5. The van der Waals surface area contributed by atoms with Crippen LogP contribution in [0.3, 0.4) is 0 Å². The number of pyridine rings is 1. The summed E-state index contributed by atoms with van der Waals surface area (Å²) in [6.45, 7) is 8.49. The van der Waals surface area contributed by atoms with E-state index in [1.165, 1.54) is 0 Å². The Balaban J connectivity index is 0.000000321. The molecule has 0 radical (unpaired) electrons. The molecule has 1 aliphatic carbocycles. The van der Waals surface area contributed by atoms with E-state index in [-0.39, 0.29) is 19.4 Å². The van der Waals surface area contributed by atoms with Crippen LogP contribution in [0.1, 0.15) is 46.2 Å². The number of nitrogens with two attached hydrogens (primary N) is 1. The molecule has 3 amide bonds.